The van der Waals surface area contributed by atoms with E-state index in [0.29, 0.717) is 59.2 Å². The predicted octanol–water partition coefficient (Wildman–Crippen LogP) is 1.70. The summed E-state index contributed by atoms with van der Waals surface area (Å²) in [7, 11) is 0. The Morgan fingerprint density at radius 3 is 1.81 bits per heavy atom. The topological polar surface area (TPSA) is 92.3 Å². The molecular weight excluding hydrogens is 354 g/mol. The van der Waals surface area contributed by atoms with Crippen LogP contribution in [0.5, 0.6) is 0 Å². The third kappa shape index (κ3) is 20.9. The number of ether oxygens (including phenoxy) is 5. The third-order valence-electron chi connectivity index (χ3n) is 3.01. The van der Waals surface area contributed by atoms with E-state index < -0.39 is 5.60 Å². The van der Waals surface area contributed by atoms with Gasteiger partial charge in [-0.3, -0.25) is 9.59 Å². The normalized spacial score (nSPS) is 11.4. The van der Waals surface area contributed by atoms with Gasteiger partial charge in [0.05, 0.1) is 52.7 Å². The standard InChI is InChI=1S/C19H37NO7/c1-5-9-23-13-14-24-10-6-17(21)20-8-12-26-16-15-25-11-7-18(22)27-19(2,3)4/h5-16H2,1-4H3,(H,20,21). The molecule has 0 rings (SSSR count). The van der Waals surface area contributed by atoms with Crippen molar-refractivity contribution >= 4 is 11.9 Å². The molecule has 8 heteroatoms. The molecule has 1 amide bonds. The molecule has 0 radical (unpaired) electrons. The number of carbonyl (C=O) groups excluding carboxylic acids is 2. The predicted molar refractivity (Wildman–Crippen MR) is 102 cm³/mol. The highest BCUT2D eigenvalue weighted by atomic mass is 16.6. The van der Waals surface area contributed by atoms with E-state index in [1.807, 2.05) is 20.8 Å². The third-order valence-corrected chi connectivity index (χ3v) is 3.01. The molecule has 0 aromatic heterocycles. The second-order valence-corrected chi connectivity index (χ2v) is 6.89. The first-order valence-electron chi connectivity index (χ1n) is 9.64. The van der Waals surface area contributed by atoms with Gasteiger partial charge in [-0.15, -0.1) is 0 Å². The maximum Gasteiger partial charge on any atom is 0.308 e. The van der Waals surface area contributed by atoms with Crippen molar-refractivity contribution in [1.82, 2.24) is 5.32 Å². The van der Waals surface area contributed by atoms with E-state index in [0.717, 1.165) is 13.0 Å². The Labute approximate surface area is 163 Å². The number of hydrogen-bond acceptors (Lipinski definition) is 7. The van der Waals surface area contributed by atoms with Crippen LogP contribution in [0.1, 0.15) is 47.0 Å². The van der Waals surface area contributed by atoms with Crippen molar-refractivity contribution in [3.05, 3.63) is 0 Å². The molecule has 0 aliphatic heterocycles. The fourth-order valence-corrected chi connectivity index (χ4v) is 1.85. The van der Waals surface area contributed by atoms with E-state index in [2.05, 4.69) is 12.2 Å². The average Bonchev–Trinajstić information content (AvgIpc) is 2.58. The number of carbonyl (C=O) groups is 2. The number of hydrogen-bond donors (Lipinski definition) is 1. The van der Waals surface area contributed by atoms with Gasteiger partial charge in [0.25, 0.3) is 0 Å². The molecule has 0 aromatic rings. The number of esters is 1. The van der Waals surface area contributed by atoms with Gasteiger partial charge in [0, 0.05) is 19.6 Å². The molecule has 27 heavy (non-hydrogen) atoms. The Bertz CT molecular complexity index is 383. The van der Waals surface area contributed by atoms with Gasteiger partial charge in [-0.05, 0) is 27.2 Å². The van der Waals surface area contributed by atoms with Gasteiger partial charge in [-0.1, -0.05) is 6.92 Å². The number of amides is 1. The Hall–Kier alpha value is -1.22. The maximum absolute atomic E-state index is 11.6. The number of rotatable bonds is 17. The van der Waals surface area contributed by atoms with Gasteiger partial charge < -0.3 is 29.0 Å². The Kier molecular flexibility index (Phi) is 16.2. The quantitative estimate of drug-likeness (QED) is 0.298. The largest absolute Gasteiger partial charge is 0.460 e. The summed E-state index contributed by atoms with van der Waals surface area (Å²) in [5, 5.41) is 2.76. The molecule has 8 nitrogen and oxygen atoms in total. The molecule has 1 N–H and O–H groups in total. The minimum Gasteiger partial charge on any atom is -0.460 e. The summed E-state index contributed by atoms with van der Waals surface area (Å²) in [6.07, 6.45) is 1.53. The molecular formula is C19H37NO7. The van der Waals surface area contributed by atoms with Crippen molar-refractivity contribution < 1.29 is 33.3 Å². The highest BCUT2D eigenvalue weighted by molar-refractivity contribution is 5.75. The second kappa shape index (κ2) is 16.9. The van der Waals surface area contributed by atoms with Crippen LogP contribution in [0, 0.1) is 0 Å². The van der Waals surface area contributed by atoms with E-state index >= 15 is 0 Å². The first kappa shape index (κ1) is 25.8. The zero-order valence-corrected chi connectivity index (χ0v) is 17.3. The smallest absolute Gasteiger partial charge is 0.308 e. The molecule has 0 aromatic carbocycles. The van der Waals surface area contributed by atoms with Crippen LogP contribution >= 0.6 is 0 Å². The zero-order chi connectivity index (χ0) is 20.4. The van der Waals surface area contributed by atoms with Crippen LogP contribution in [0.4, 0.5) is 0 Å². The zero-order valence-electron chi connectivity index (χ0n) is 17.3. The van der Waals surface area contributed by atoms with Crippen LogP contribution in [-0.4, -0.2) is 76.9 Å². The fraction of sp³-hybridized carbons (Fsp3) is 0.895. The van der Waals surface area contributed by atoms with E-state index in [-0.39, 0.29) is 18.3 Å². The minimum atomic E-state index is -0.472. The molecule has 0 spiro atoms. The lowest BCUT2D eigenvalue weighted by atomic mass is 10.2. The van der Waals surface area contributed by atoms with E-state index in [9.17, 15) is 9.59 Å². The molecule has 0 aliphatic rings. The van der Waals surface area contributed by atoms with E-state index in [1.54, 1.807) is 0 Å². The molecule has 0 unspecified atom stereocenters. The van der Waals surface area contributed by atoms with Crippen molar-refractivity contribution in [1.29, 1.82) is 0 Å². The van der Waals surface area contributed by atoms with E-state index in [1.165, 1.54) is 0 Å². The monoisotopic (exact) mass is 391 g/mol. The Morgan fingerprint density at radius 2 is 1.26 bits per heavy atom. The SMILES string of the molecule is CCCOCCOCCC(=O)NCCOCCOCCC(=O)OC(C)(C)C. The Morgan fingerprint density at radius 1 is 0.741 bits per heavy atom. The van der Waals surface area contributed by atoms with Crippen LogP contribution in [0.2, 0.25) is 0 Å². The molecule has 0 heterocycles. The fourth-order valence-electron chi connectivity index (χ4n) is 1.85. The summed E-state index contributed by atoms with van der Waals surface area (Å²) in [6, 6.07) is 0. The summed E-state index contributed by atoms with van der Waals surface area (Å²) in [4.78, 5) is 23.0. The first-order valence-corrected chi connectivity index (χ1v) is 9.64. The summed E-state index contributed by atoms with van der Waals surface area (Å²) in [5.41, 5.74) is -0.472. The van der Waals surface area contributed by atoms with Crippen LogP contribution in [0.25, 0.3) is 0 Å². The molecule has 0 bridgehead atoms. The lowest BCUT2D eigenvalue weighted by molar-refractivity contribution is -0.156. The minimum absolute atomic E-state index is 0.0679. The van der Waals surface area contributed by atoms with Gasteiger partial charge in [0.1, 0.15) is 5.60 Å². The molecule has 0 fully saturated rings. The van der Waals surface area contributed by atoms with Crippen LogP contribution in [0.3, 0.4) is 0 Å². The molecule has 0 saturated heterocycles. The molecule has 0 aliphatic carbocycles. The van der Waals surface area contributed by atoms with Crippen molar-refractivity contribution in [2.75, 3.05) is 59.4 Å². The summed E-state index contributed by atoms with van der Waals surface area (Å²) in [5.74, 6) is -0.342. The number of nitrogens with one attached hydrogen (secondary N) is 1. The van der Waals surface area contributed by atoms with Gasteiger partial charge >= 0.3 is 5.97 Å². The summed E-state index contributed by atoms with van der Waals surface area (Å²) >= 11 is 0. The van der Waals surface area contributed by atoms with Crippen LogP contribution < -0.4 is 5.32 Å². The lowest BCUT2D eigenvalue weighted by Crippen LogP contribution is -2.28. The van der Waals surface area contributed by atoms with Crippen LogP contribution in [0.15, 0.2) is 0 Å². The van der Waals surface area contributed by atoms with Crippen molar-refractivity contribution in [2.45, 2.75) is 52.6 Å². The molecule has 0 saturated carbocycles. The van der Waals surface area contributed by atoms with E-state index in [4.69, 9.17) is 23.7 Å². The summed E-state index contributed by atoms with van der Waals surface area (Å²) in [6.45, 7) is 11.7. The second-order valence-electron chi connectivity index (χ2n) is 6.89. The van der Waals surface area contributed by atoms with Gasteiger partial charge in [0.2, 0.25) is 5.91 Å². The lowest BCUT2D eigenvalue weighted by Gasteiger charge is -2.19. The van der Waals surface area contributed by atoms with Gasteiger partial charge in [-0.25, -0.2) is 0 Å². The molecule has 160 valence electrons. The highest BCUT2D eigenvalue weighted by Gasteiger charge is 2.15. The molecule has 0 atom stereocenters. The summed E-state index contributed by atoms with van der Waals surface area (Å²) < 4.78 is 26.4. The van der Waals surface area contributed by atoms with Gasteiger partial charge in [-0.2, -0.15) is 0 Å². The van der Waals surface area contributed by atoms with Gasteiger partial charge in [0.15, 0.2) is 0 Å². The average molecular weight is 392 g/mol. The van der Waals surface area contributed by atoms with Crippen molar-refractivity contribution in [2.24, 2.45) is 0 Å². The highest BCUT2D eigenvalue weighted by Crippen LogP contribution is 2.07. The van der Waals surface area contributed by atoms with Crippen molar-refractivity contribution in [3.63, 3.8) is 0 Å². The van der Waals surface area contributed by atoms with Crippen molar-refractivity contribution in [3.8, 4) is 0 Å². The first-order chi connectivity index (χ1) is 12.8. The maximum atomic E-state index is 11.6. The Balaban J connectivity index is 3.30. The van der Waals surface area contributed by atoms with Crippen LogP contribution in [-0.2, 0) is 33.3 Å².